The zero-order valence-electron chi connectivity index (χ0n) is 17.3. The fraction of sp³-hybridized carbons (Fsp3) is 0.130. The molecule has 0 unspecified atom stereocenters. The van der Waals surface area contributed by atoms with Gasteiger partial charge in [0.2, 0.25) is 0 Å². The first kappa shape index (κ1) is 20.5. The Balaban J connectivity index is 1.48. The number of amides is 1. The summed E-state index contributed by atoms with van der Waals surface area (Å²) in [5.41, 5.74) is 5.67. The van der Waals surface area contributed by atoms with Crippen molar-refractivity contribution in [2.45, 2.75) is 13.8 Å². The maximum Gasteiger partial charge on any atom is 0.257 e. The van der Waals surface area contributed by atoms with Crippen molar-refractivity contribution < 1.29 is 9.53 Å². The van der Waals surface area contributed by atoms with Crippen molar-refractivity contribution in [2.75, 3.05) is 12.4 Å². The third kappa shape index (κ3) is 4.54. The Morgan fingerprint density at radius 1 is 0.968 bits per heavy atom. The predicted molar refractivity (Wildman–Crippen MR) is 125 cm³/mol. The lowest BCUT2D eigenvalue weighted by atomic mass is 10.1. The second-order valence-electron chi connectivity index (χ2n) is 7.10. The Morgan fingerprint density at radius 2 is 1.77 bits per heavy atom. The Hall–Kier alpha value is -3.78. The summed E-state index contributed by atoms with van der Waals surface area (Å²) < 4.78 is 5.26. The van der Waals surface area contributed by atoms with Crippen molar-refractivity contribution in [3.8, 4) is 11.4 Å². The number of aryl methyl sites for hydroxylation is 2. The number of nitrogens with one attached hydrogen (secondary N) is 2. The van der Waals surface area contributed by atoms with E-state index in [1.807, 2.05) is 68.4 Å². The molecule has 0 atom stereocenters. The zero-order chi connectivity index (χ0) is 22.0. The highest BCUT2D eigenvalue weighted by molar-refractivity contribution is 7.80. The first-order valence-corrected chi connectivity index (χ1v) is 10.0. The van der Waals surface area contributed by atoms with Gasteiger partial charge in [0.15, 0.2) is 5.11 Å². The maximum atomic E-state index is 12.5. The van der Waals surface area contributed by atoms with Crippen LogP contribution in [0.25, 0.3) is 16.7 Å². The fourth-order valence-corrected chi connectivity index (χ4v) is 3.27. The number of aromatic nitrogens is 3. The number of nitrogens with zero attached hydrogens (tertiary/aromatic N) is 3. The monoisotopic (exact) mass is 431 g/mol. The van der Waals surface area contributed by atoms with Gasteiger partial charge in [-0.15, -0.1) is 10.2 Å². The number of ether oxygens (including phenoxy) is 1. The molecule has 0 aliphatic heterocycles. The second kappa shape index (κ2) is 8.53. The Kier molecular flexibility index (Phi) is 5.64. The standard InChI is InChI=1S/C23H21N5O2S/c1-14-7-8-16(11-15(14)2)22(29)25-23(31)24-17-9-10-20-21(12-17)27-28(26-20)18-5-4-6-19(13-18)30-3/h4-13H,1-3H3,(H2,24,25,29,31). The van der Waals surface area contributed by atoms with E-state index in [4.69, 9.17) is 17.0 Å². The van der Waals surface area contributed by atoms with Gasteiger partial charge in [0, 0.05) is 17.3 Å². The molecule has 1 aromatic heterocycles. The largest absolute Gasteiger partial charge is 0.497 e. The number of fused-ring (bicyclic) bond motifs is 1. The summed E-state index contributed by atoms with van der Waals surface area (Å²) in [7, 11) is 1.62. The number of carbonyl (C=O) groups excluding carboxylic acids is 1. The number of anilines is 1. The summed E-state index contributed by atoms with van der Waals surface area (Å²) >= 11 is 5.30. The zero-order valence-corrected chi connectivity index (χ0v) is 18.2. The van der Waals surface area contributed by atoms with Crippen LogP contribution >= 0.6 is 12.2 Å². The normalized spacial score (nSPS) is 10.7. The minimum atomic E-state index is -0.259. The lowest BCUT2D eigenvalue weighted by Crippen LogP contribution is -2.34. The molecule has 0 aliphatic rings. The van der Waals surface area contributed by atoms with Gasteiger partial charge < -0.3 is 10.1 Å². The predicted octanol–water partition coefficient (Wildman–Crippen LogP) is 4.17. The molecule has 1 amide bonds. The minimum Gasteiger partial charge on any atom is -0.497 e. The average molecular weight is 432 g/mol. The van der Waals surface area contributed by atoms with Gasteiger partial charge in [-0.3, -0.25) is 10.1 Å². The van der Waals surface area contributed by atoms with Crippen LogP contribution in [0.4, 0.5) is 5.69 Å². The van der Waals surface area contributed by atoms with Crippen LogP contribution < -0.4 is 15.4 Å². The molecule has 0 saturated heterocycles. The van der Waals surface area contributed by atoms with E-state index in [-0.39, 0.29) is 11.0 Å². The summed E-state index contributed by atoms with van der Waals surface area (Å²) in [6.45, 7) is 3.97. The summed E-state index contributed by atoms with van der Waals surface area (Å²) in [4.78, 5) is 14.0. The highest BCUT2D eigenvalue weighted by Crippen LogP contribution is 2.20. The smallest absolute Gasteiger partial charge is 0.257 e. The highest BCUT2D eigenvalue weighted by Gasteiger charge is 2.11. The highest BCUT2D eigenvalue weighted by atomic mass is 32.1. The van der Waals surface area contributed by atoms with Crippen molar-refractivity contribution >= 4 is 40.0 Å². The van der Waals surface area contributed by atoms with E-state index < -0.39 is 0 Å². The number of carbonyl (C=O) groups is 1. The van der Waals surface area contributed by atoms with E-state index in [2.05, 4.69) is 20.8 Å². The summed E-state index contributed by atoms with van der Waals surface area (Å²) in [5, 5.41) is 15.0. The van der Waals surface area contributed by atoms with E-state index in [0.717, 1.165) is 28.1 Å². The summed E-state index contributed by atoms with van der Waals surface area (Å²) in [6, 6.07) is 18.5. The molecule has 1 heterocycles. The van der Waals surface area contributed by atoms with Crippen LogP contribution in [0.1, 0.15) is 21.5 Å². The maximum absolute atomic E-state index is 12.5. The molecule has 31 heavy (non-hydrogen) atoms. The van der Waals surface area contributed by atoms with Gasteiger partial charge in [-0.2, -0.15) is 4.80 Å². The Labute approximate surface area is 185 Å². The van der Waals surface area contributed by atoms with E-state index >= 15 is 0 Å². The molecule has 0 spiro atoms. The first-order valence-electron chi connectivity index (χ1n) is 9.64. The van der Waals surface area contributed by atoms with E-state index in [9.17, 15) is 4.79 Å². The van der Waals surface area contributed by atoms with Crippen molar-refractivity contribution in [3.63, 3.8) is 0 Å². The minimum absolute atomic E-state index is 0.211. The van der Waals surface area contributed by atoms with Gasteiger partial charge in [-0.05, 0) is 79.7 Å². The third-order valence-electron chi connectivity index (χ3n) is 4.92. The summed E-state index contributed by atoms with van der Waals surface area (Å²) in [5.74, 6) is 0.469. The molecule has 3 aromatic carbocycles. The van der Waals surface area contributed by atoms with Gasteiger partial charge in [0.05, 0.1) is 12.8 Å². The quantitative estimate of drug-likeness (QED) is 0.472. The van der Waals surface area contributed by atoms with Crippen LogP contribution in [0, 0.1) is 13.8 Å². The molecule has 0 aliphatic carbocycles. The first-order chi connectivity index (χ1) is 14.9. The molecule has 0 radical (unpaired) electrons. The van der Waals surface area contributed by atoms with Crippen molar-refractivity contribution in [1.82, 2.24) is 20.3 Å². The van der Waals surface area contributed by atoms with Crippen LogP contribution in [0.15, 0.2) is 60.7 Å². The molecule has 0 fully saturated rings. The second-order valence-corrected chi connectivity index (χ2v) is 7.51. The molecular weight excluding hydrogens is 410 g/mol. The van der Waals surface area contributed by atoms with Gasteiger partial charge in [0.1, 0.15) is 16.8 Å². The van der Waals surface area contributed by atoms with Gasteiger partial charge >= 0.3 is 0 Å². The number of benzene rings is 3. The Bertz CT molecular complexity index is 1300. The molecule has 4 rings (SSSR count). The molecule has 156 valence electrons. The lowest BCUT2D eigenvalue weighted by Gasteiger charge is -2.10. The van der Waals surface area contributed by atoms with E-state index in [1.54, 1.807) is 18.0 Å². The number of hydrogen-bond donors (Lipinski definition) is 2. The van der Waals surface area contributed by atoms with E-state index in [1.165, 1.54) is 0 Å². The number of methoxy groups -OCH3 is 1. The van der Waals surface area contributed by atoms with Crippen LogP contribution in [-0.2, 0) is 0 Å². The molecular formula is C23H21N5O2S. The molecule has 4 aromatic rings. The van der Waals surface area contributed by atoms with Gasteiger partial charge in [-0.25, -0.2) is 0 Å². The van der Waals surface area contributed by atoms with Gasteiger partial charge in [0.25, 0.3) is 5.91 Å². The fourth-order valence-electron chi connectivity index (χ4n) is 3.06. The summed E-state index contributed by atoms with van der Waals surface area (Å²) in [6.07, 6.45) is 0. The van der Waals surface area contributed by atoms with Crippen molar-refractivity contribution in [3.05, 3.63) is 77.4 Å². The van der Waals surface area contributed by atoms with Crippen molar-refractivity contribution in [2.24, 2.45) is 0 Å². The number of thiocarbonyl (C=S) groups is 1. The molecule has 0 saturated carbocycles. The van der Waals surface area contributed by atoms with Crippen LogP contribution in [0.2, 0.25) is 0 Å². The number of hydrogen-bond acceptors (Lipinski definition) is 5. The SMILES string of the molecule is COc1cccc(-n2nc3ccc(NC(=S)NC(=O)c4ccc(C)c(C)c4)cc3n2)c1. The van der Waals surface area contributed by atoms with E-state index in [0.29, 0.717) is 16.8 Å². The van der Waals surface area contributed by atoms with Crippen LogP contribution in [-0.4, -0.2) is 33.1 Å². The number of rotatable bonds is 4. The van der Waals surface area contributed by atoms with Crippen LogP contribution in [0.3, 0.4) is 0 Å². The molecule has 8 heteroatoms. The van der Waals surface area contributed by atoms with Crippen molar-refractivity contribution in [1.29, 1.82) is 0 Å². The Morgan fingerprint density at radius 3 is 2.55 bits per heavy atom. The molecule has 0 bridgehead atoms. The van der Waals surface area contributed by atoms with Gasteiger partial charge in [-0.1, -0.05) is 12.1 Å². The third-order valence-corrected chi connectivity index (χ3v) is 5.12. The molecule has 7 nitrogen and oxygen atoms in total. The van der Waals surface area contributed by atoms with Crippen LogP contribution in [0.5, 0.6) is 5.75 Å². The average Bonchev–Trinajstić information content (AvgIpc) is 3.19. The lowest BCUT2D eigenvalue weighted by molar-refractivity contribution is 0.0977. The molecule has 2 N–H and O–H groups in total. The topological polar surface area (TPSA) is 81.1 Å².